The third-order valence-electron chi connectivity index (χ3n) is 1.16. The van der Waals surface area contributed by atoms with Crippen molar-refractivity contribution in [3.8, 4) is 0 Å². The van der Waals surface area contributed by atoms with Gasteiger partial charge in [0.25, 0.3) is 0 Å². The second kappa shape index (κ2) is 3.93. The Morgan fingerprint density at radius 1 is 1.45 bits per heavy atom. The van der Waals surface area contributed by atoms with Gasteiger partial charge in [-0.1, -0.05) is 6.07 Å². The predicted octanol–water partition coefficient (Wildman–Crippen LogP) is 0.837. The summed E-state index contributed by atoms with van der Waals surface area (Å²) in [5.74, 6) is 0.793. The lowest BCUT2D eigenvalue weighted by Gasteiger charge is -2.07. The summed E-state index contributed by atoms with van der Waals surface area (Å²) in [6.07, 6.45) is 1.74. The van der Waals surface area contributed by atoms with Crippen LogP contribution in [0.15, 0.2) is 24.4 Å². The first kappa shape index (κ1) is 8.01. The lowest BCUT2D eigenvalue weighted by molar-refractivity contribution is 0.390. The highest BCUT2D eigenvalue weighted by molar-refractivity contribution is 5.23. The Morgan fingerprint density at radius 2 is 2.27 bits per heavy atom. The topological polar surface area (TPSA) is 30.2 Å². The first-order valence-electron chi connectivity index (χ1n) is 3.52. The summed E-state index contributed by atoms with van der Waals surface area (Å²) in [5.41, 5.74) is 0. The normalized spacial score (nSPS) is 10.1. The average Bonchev–Trinajstić information content (AvgIpc) is 2.03. The lowest BCUT2D eigenvalue weighted by atomic mass is 10.5. The van der Waals surface area contributed by atoms with Gasteiger partial charge in [-0.25, -0.2) is 4.98 Å². The minimum atomic E-state index is 0.691. The van der Waals surface area contributed by atoms with Crippen LogP contribution in [0.5, 0.6) is 0 Å². The molecule has 1 rings (SSSR count). The molecular formula is C8H12N3. The Morgan fingerprint density at radius 3 is 2.82 bits per heavy atom. The number of nitrogens with zero attached hydrogens (tertiary/aromatic N) is 3. The van der Waals surface area contributed by atoms with E-state index in [0.29, 0.717) is 6.67 Å². The third kappa shape index (κ3) is 3.00. The SMILES string of the molecule is CN(C)C[N]c1ccccn1. The minimum Gasteiger partial charge on any atom is -0.291 e. The molecule has 59 valence electrons. The molecule has 0 spiro atoms. The molecule has 1 heterocycles. The summed E-state index contributed by atoms with van der Waals surface area (Å²) < 4.78 is 0. The molecular weight excluding hydrogens is 138 g/mol. The molecule has 3 nitrogen and oxygen atoms in total. The van der Waals surface area contributed by atoms with Crippen molar-refractivity contribution in [2.24, 2.45) is 0 Å². The molecule has 11 heavy (non-hydrogen) atoms. The molecule has 0 amide bonds. The molecule has 0 aromatic carbocycles. The van der Waals surface area contributed by atoms with Crippen molar-refractivity contribution in [1.82, 2.24) is 15.2 Å². The predicted molar refractivity (Wildman–Crippen MR) is 44.6 cm³/mol. The van der Waals surface area contributed by atoms with Crippen LogP contribution >= 0.6 is 0 Å². The van der Waals surface area contributed by atoms with Crippen LogP contribution in [-0.4, -0.2) is 30.6 Å². The Balaban J connectivity index is 2.39. The van der Waals surface area contributed by atoms with E-state index in [2.05, 4.69) is 10.3 Å². The Bertz CT molecular complexity index is 196. The van der Waals surface area contributed by atoms with Crippen molar-refractivity contribution in [2.75, 3.05) is 20.8 Å². The smallest absolute Gasteiger partial charge is 0.148 e. The standard InChI is InChI=1S/C8H12N3/c1-11(2)7-10-8-5-3-4-6-9-8/h3-6H,7H2,1-2H3. The number of aromatic nitrogens is 1. The second-order valence-corrected chi connectivity index (χ2v) is 2.57. The van der Waals surface area contributed by atoms with E-state index in [1.165, 1.54) is 0 Å². The van der Waals surface area contributed by atoms with Gasteiger partial charge in [0.1, 0.15) is 5.82 Å². The van der Waals surface area contributed by atoms with Crippen LogP contribution in [-0.2, 0) is 0 Å². The molecule has 0 aliphatic heterocycles. The quantitative estimate of drug-likeness (QED) is 0.639. The fourth-order valence-electron chi connectivity index (χ4n) is 0.661. The van der Waals surface area contributed by atoms with Gasteiger partial charge in [0.2, 0.25) is 0 Å². The number of hydrogen-bond donors (Lipinski definition) is 0. The van der Waals surface area contributed by atoms with Crippen molar-refractivity contribution >= 4 is 5.82 Å². The van der Waals surface area contributed by atoms with Gasteiger partial charge in [-0.15, -0.1) is 0 Å². The molecule has 0 bridgehead atoms. The van der Waals surface area contributed by atoms with Crippen molar-refractivity contribution in [1.29, 1.82) is 0 Å². The first-order chi connectivity index (χ1) is 5.29. The summed E-state index contributed by atoms with van der Waals surface area (Å²) in [7, 11) is 3.96. The molecule has 1 aromatic heterocycles. The summed E-state index contributed by atoms with van der Waals surface area (Å²) >= 11 is 0. The van der Waals surface area contributed by atoms with E-state index in [-0.39, 0.29) is 0 Å². The van der Waals surface area contributed by atoms with Gasteiger partial charge in [-0.3, -0.25) is 10.2 Å². The first-order valence-corrected chi connectivity index (χ1v) is 3.52. The van der Waals surface area contributed by atoms with E-state index in [0.717, 1.165) is 5.82 Å². The molecule has 0 fully saturated rings. The minimum absolute atomic E-state index is 0.691. The van der Waals surface area contributed by atoms with Crippen molar-refractivity contribution in [3.05, 3.63) is 24.4 Å². The van der Waals surface area contributed by atoms with E-state index >= 15 is 0 Å². The molecule has 0 saturated carbocycles. The summed E-state index contributed by atoms with van der Waals surface area (Å²) in [6, 6.07) is 5.71. The molecule has 0 saturated heterocycles. The molecule has 1 radical (unpaired) electrons. The molecule has 3 heteroatoms. The van der Waals surface area contributed by atoms with Gasteiger partial charge in [-0.05, 0) is 26.2 Å². The van der Waals surface area contributed by atoms with Crippen molar-refractivity contribution in [3.63, 3.8) is 0 Å². The Hall–Kier alpha value is -1.09. The second-order valence-electron chi connectivity index (χ2n) is 2.57. The van der Waals surface area contributed by atoms with Crippen molar-refractivity contribution in [2.45, 2.75) is 0 Å². The lowest BCUT2D eigenvalue weighted by Crippen LogP contribution is -2.19. The maximum absolute atomic E-state index is 4.22. The van der Waals surface area contributed by atoms with E-state index in [9.17, 15) is 0 Å². The van der Waals surface area contributed by atoms with Crippen LogP contribution in [0, 0.1) is 0 Å². The average molecular weight is 150 g/mol. The maximum Gasteiger partial charge on any atom is 0.148 e. The fraction of sp³-hybridized carbons (Fsp3) is 0.375. The number of rotatable bonds is 3. The van der Waals surface area contributed by atoms with Crippen LogP contribution in [0.4, 0.5) is 5.82 Å². The van der Waals surface area contributed by atoms with E-state index in [4.69, 9.17) is 0 Å². The highest BCUT2D eigenvalue weighted by Gasteiger charge is 1.92. The summed E-state index contributed by atoms with van der Waals surface area (Å²) in [5, 5.41) is 4.22. The van der Waals surface area contributed by atoms with Crippen LogP contribution in [0.1, 0.15) is 0 Å². The number of pyridine rings is 1. The molecule has 0 unspecified atom stereocenters. The molecule has 0 aliphatic carbocycles. The molecule has 0 atom stereocenters. The Kier molecular flexibility index (Phi) is 2.86. The molecule has 1 aromatic rings. The third-order valence-corrected chi connectivity index (χ3v) is 1.16. The van der Waals surface area contributed by atoms with Crippen LogP contribution in [0.2, 0.25) is 0 Å². The summed E-state index contributed by atoms with van der Waals surface area (Å²) in [4.78, 5) is 6.05. The zero-order chi connectivity index (χ0) is 8.10. The van der Waals surface area contributed by atoms with Gasteiger partial charge in [-0.2, -0.15) is 0 Å². The van der Waals surface area contributed by atoms with Crippen LogP contribution in [0.3, 0.4) is 0 Å². The van der Waals surface area contributed by atoms with E-state index < -0.39 is 0 Å². The monoisotopic (exact) mass is 150 g/mol. The largest absolute Gasteiger partial charge is 0.291 e. The van der Waals surface area contributed by atoms with E-state index in [1.807, 2.05) is 37.2 Å². The summed E-state index contributed by atoms with van der Waals surface area (Å²) in [6.45, 7) is 0.691. The van der Waals surface area contributed by atoms with Gasteiger partial charge in [0, 0.05) is 6.20 Å². The highest BCUT2D eigenvalue weighted by atomic mass is 15.2. The van der Waals surface area contributed by atoms with Crippen LogP contribution in [0.25, 0.3) is 0 Å². The molecule has 0 aliphatic rings. The highest BCUT2D eigenvalue weighted by Crippen LogP contribution is 1.98. The molecule has 0 N–H and O–H groups in total. The van der Waals surface area contributed by atoms with Gasteiger partial charge < -0.3 is 0 Å². The van der Waals surface area contributed by atoms with Crippen LogP contribution < -0.4 is 5.32 Å². The van der Waals surface area contributed by atoms with Gasteiger partial charge in [0.15, 0.2) is 0 Å². The van der Waals surface area contributed by atoms with E-state index in [1.54, 1.807) is 6.20 Å². The zero-order valence-electron chi connectivity index (χ0n) is 6.86. The maximum atomic E-state index is 4.22. The van der Waals surface area contributed by atoms with Crippen molar-refractivity contribution < 1.29 is 0 Å². The fourth-order valence-corrected chi connectivity index (χ4v) is 0.661. The zero-order valence-corrected chi connectivity index (χ0v) is 6.86. The Labute approximate surface area is 67.1 Å². The van der Waals surface area contributed by atoms with Gasteiger partial charge >= 0.3 is 0 Å². The number of hydrogen-bond acceptors (Lipinski definition) is 2. The van der Waals surface area contributed by atoms with Gasteiger partial charge in [0.05, 0.1) is 6.67 Å².